The zero-order valence-electron chi connectivity index (χ0n) is 11.3. The molecule has 0 saturated carbocycles. The number of rotatable bonds is 5. The maximum atomic E-state index is 13.7. The smallest absolute Gasteiger partial charge is 0.127 e. The maximum Gasteiger partial charge on any atom is 0.127 e. The van der Waals surface area contributed by atoms with Gasteiger partial charge < -0.3 is 10.2 Å². The summed E-state index contributed by atoms with van der Waals surface area (Å²) in [6.07, 6.45) is 2.17. The van der Waals surface area contributed by atoms with Crippen molar-refractivity contribution in [1.82, 2.24) is 10.2 Å². The minimum Gasteiger partial charge on any atom is -0.310 e. The minimum atomic E-state index is -0.0969. The molecular weight excluding hydrogens is 227 g/mol. The number of nitrogens with one attached hydrogen (secondary N) is 1. The van der Waals surface area contributed by atoms with E-state index in [-0.39, 0.29) is 11.9 Å². The van der Waals surface area contributed by atoms with Crippen molar-refractivity contribution >= 4 is 0 Å². The Labute approximate surface area is 109 Å². The third-order valence-corrected chi connectivity index (χ3v) is 3.83. The van der Waals surface area contributed by atoms with E-state index in [9.17, 15) is 4.39 Å². The third kappa shape index (κ3) is 3.30. The van der Waals surface area contributed by atoms with Gasteiger partial charge in [-0.25, -0.2) is 4.39 Å². The van der Waals surface area contributed by atoms with Crippen LogP contribution in [0.25, 0.3) is 0 Å². The van der Waals surface area contributed by atoms with Gasteiger partial charge in [0.2, 0.25) is 0 Å². The van der Waals surface area contributed by atoms with Gasteiger partial charge in [0.15, 0.2) is 0 Å². The van der Waals surface area contributed by atoms with E-state index >= 15 is 0 Å². The Morgan fingerprint density at radius 3 is 2.83 bits per heavy atom. The highest BCUT2D eigenvalue weighted by atomic mass is 19.1. The van der Waals surface area contributed by atoms with Gasteiger partial charge in [0, 0.05) is 18.2 Å². The zero-order chi connectivity index (χ0) is 13.0. The highest BCUT2D eigenvalue weighted by molar-refractivity contribution is 5.21. The lowest BCUT2D eigenvalue weighted by molar-refractivity contribution is 0.375. The van der Waals surface area contributed by atoms with Gasteiger partial charge in [0.1, 0.15) is 5.82 Å². The topological polar surface area (TPSA) is 15.3 Å². The van der Waals surface area contributed by atoms with E-state index in [2.05, 4.69) is 24.2 Å². The van der Waals surface area contributed by atoms with Gasteiger partial charge in [0.05, 0.1) is 0 Å². The number of halogens is 1. The predicted octanol–water partition coefficient (Wildman–Crippen LogP) is 2.82. The molecule has 1 saturated heterocycles. The first-order valence-electron chi connectivity index (χ1n) is 6.87. The molecular formula is C15H23FN2. The molecule has 0 spiro atoms. The SMILES string of the molecule is CCC(NCC1CCN(C)C1)c1ccccc1F. The molecule has 1 aromatic carbocycles. The van der Waals surface area contributed by atoms with Crippen molar-refractivity contribution in [1.29, 1.82) is 0 Å². The molecule has 2 atom stereocenters. The molecule has 1 aliphatic heterocycles. The number of likely N-dealkylation sites (tertiary alicyclic amines) is 1. The average Bonchev–Trinajstić information content (AvgIpc) is 2.78. The Kier molecular flexibility index (Phi) is 4.72. The van der Waals surface area contributed by atoms with Gasteiger partial charge in [-0.05, 0) is 45.0 Å². The number of nitrogens with zero attached hydrogens (tertiary/aromatic N) is 1. The van der Waals surface area contributed by atoms with Crippen molar-refractivity contribution in [2.75, 3.05) is 26.7 Å². The Morgan fingerprint density at radius 1 is 1.44 bits per heavy atom. The minimum absolute atomic E-state index is 0.0969. The monoisotopic (exact) mass is 250 g/mol. The first kappa shape index (κ1) is 13.5. The molecule has 1 N–H and O–H groups in total. The van der Waals surface area contributed by atoms with E-state index in [1.54, 1.807) is 12.1 Å². The van der Waals surface area contributed by atoms with Gasteiger partial charge in [-0.15, -0.1) is 0 Å². The molecule has 0 radical (unpaired) electrons. The van der Waals surface area contributed by atoms with Gasteiger partial charge >= 0.3 is 0 Å². The summed E-state index contributed by atoms with van der Waals surface area (Å²) in [5, 5.41) is 3.52. The highest BCUT2D eigenvalue weighted by Gasteiger charge is 2.21. The summed E-state index contributed by atoms with van der Waals surface area (Å²) in [7, 11) is 2.16. The fourth-order valence-corrected chi connectivity index (χ4v) is 2.73. The number of hydrogen-bond donors (Lipinski definition) is 1. The largest absolute Gasteiger partial charge is 0.310 e. The van der Waals surface area contributed by atoms with Crippen LogP contribution in [0.5, 0.6) is 0 Å². The number of hydrogen-bond acceptors (Lipinski definition) is 2. The lowest BCUT2D eigenvalue weighted by Crippen LogP contribution is -2.29. The van der Waals surface area contributed by atoms with E-state index in [1.807, 2.05) is 12.1 Å². The van der Waals surface area contributed by atoms with Crippen LogP contribution in [0, 0.1) is 11.7 Å². The van der Waals surface area contributed by atoms with Gasteiger partial charge in [0.25, 0.3) is 0 Å². The zero-order valence-corrected chi connectivity index (χ0v) is 11.3. The third-order valence-electron chi connectivity index (χ3n) is 3.83. The summed E-state index contributed by atoms with van der Waals surface area (Å²) < 4.78 is 13.7. The molecule has 2 unspecified atom stereocenters. The maximum absolute atomic E-state index is 13.7. The van der Waals surface area contributed by atoms with Crippen molar-refractivity contribution in [2.45, 2.75) is 25.8 Å². The van der Waals surface area contributed by atoms with Gasteiger partial charge in [-0.1, -0.05) is 25.1 Å². The van der Waals surface area contributed by atoms with Crippen LogP contribution in [0.3, 0.4) is 0 Å². The Morgan fingerprint density at radius 2 is 2.22 bits per heavy atom. The molecule has 18 heavy (non-hydrogen) atoms. The Bertz CT molecular complexity index is 381. The lowest BCUT2D eigenvalue weighted by Gasteiger charge is -2.20. The normalized spacial score (nSPS) is 22.3. The van der Waals surface area contributed by atoms with Crippen LogP contribution in [0.2, 0.25) is 0 Å². The second-order valence-electron chi connectivity index (χ2n) is 5.31. The van der Waals surface area contributed by atoms with E-state index in [4.69, 9.17) is 0 Å². The molecule has 0 amide bonds. The fraction of sp³-hybridized carbons (Fsp3) is 0.600. The second-order valence-corrected chi connectivity index (χ2v) is 5.31. The number of benzene rings is 1. The molecule has 100 valence electrons. The van der Waals surface area contributed by atoms with Gasteiger partial charge in [-0.2, -0.15) is 0 Å². The Hall–Kier alpha value is -0.930. The van der Waals surface area contributed by atoms with Crippen molar-refractivity contribution in [2.24, 2.45) is 5.92 Å². The quantitative estimate of drug-likeness (QED) is 0.864. The van der Waals surface area contributed by atoms with E-state index in [0.717, 1.165) is 25.1 Å². The van der Waals surface area contributed by atoms with E-state index in [0.29, 0.717) is 5.92 Å². The second kappa shape index (κ2) is 6.30. The van der Waals surface area contributed by atoms with Crippen molar-refractivity contribution in [3.63, 3.8) is 0 Å². The molecule has 3 heteroatoms. The molecule has 2 rings (SSSR count). The van der Waals surface area contributed by atoms with Crippen LogP contribution in [-0.2, 0) is 0 Å². The first-order valence-corrected chi connectivity index (χ1v) is 6.87. The van der Waals surface area contributed by atoms with Crippen LogP contribution in [0.1, 0.15) is 31.4 Å². The van der Waals surface area contributed by atoms with Crippen LogP contribution in [-0.4, -0.2) is 31.6 Å². The van der Waals surface area contributed by atoms with Crippen LogP contribution >= 0.6 is 0 Å². The average molecular weight is 250 g/mol. The fourth-order valence-electron chi connectivity index (χ4n) is 2.73. The van der Waals surface area contributed by atoms with E-state index < -0.39 is 0 Å². The van der Waals surface area contributed by atoms with Crippen molar-refractivity contribution < 1.29 is 4.39 Å². The van der Waals surface area contributed by atoms with E-state index in [1.165, 1.54) is 13.0 Å². The summed E-state index contributed by atoms with van der Waals surface area (Å²) in [5.74, 6) is 0.608. The summed E-state index contributed by atoms with van der Waals surface area (Å²) in [4.78, 5) is 2.36. The van der Waals surface area contributed by atoms with Crippen LogP contribution in [0.4, 0.5) is 4.39 Å². The molecule has 0 bridgehead atoms. The first-order chi connectivity index (χ1) is 8.70. The molecule has 1 heterocycles. The molecule has 1 fully saturated rings. The molecule has 1 aliphatic rings. The molecule has 0 aromatic heterocycles. The standard InChI is InChI=1S/C15H23FN2/c1-3-15(13-6-4-5-7-14(13)16)17-10-12-8-9-18(2)11-12/h4-7,12,15,17H,3,8-11H2,1-2H3. The molecule has 0 aliphatic carbocycles. The van der Waals surface area contributed by atoms with Crippen LogP contribution < -0.4 is 5.32 Å². The lowest BCUT2D eigenvalue weighted by atomic mass is 10.0. The molecule has 1 aromatic rings. The van der Waals surface area contributed by atoms with Crippen molar-refractivity contribution in [3.8, 4) is 0 Å². The summed E-state index contributed by atoms with van der Waals surface area (Å²) in [6.45, 7) is 5.42. The Balaban J connectivity index is 1.92. The van der Waals surface area contributed by atoms with Crippen LogP contribution in [0.15, 0.2) is 24.3 Å². The predicted molar refractivity (Wildman–Crippen MR) is 73.0 cm³/mol. The van der Waals surface area contributed by atoms with Gasteiger partial charge in [-0.3, -0.25) is 0 Å². The highest BCUT2D eigenvalue weighted by Crippen LogP contribution is 2.21. The summed E-state index contributed by atoms with van der Waals surface area (Å²) >= 11 is 0. The summed E-state index contributed by atoms with van der Waals surface area (Å²) in [6, 6.07) is 7.22. The molecule has 2 nitrogen and oxygen atoms in total. The summed E-state index contributed by atoms with van der Waals surface area (Å²) in [5.41, 5.74) is 0.798. The van der Waals surface area contributed by atoms with Crippen molar-refractivity contribution in [3.05, 3.63) is 35.6 Å².